The predicted octanol–water partition coefficient (Wildman–Crippen LogP) is 0.959. The first kappa shape index (κ1) is 12.9. The van der Waals surface area contributed by atoms with Gasteiger partial charge in [-0.1, -0.05) is 0 Å². The van der Waals surface area contributed by atoms with Gasteiger partial charge >= 0.3 is 5.97 Å². The normalized spacial score (nSPS) is 18.6. The number of hydrogen-bond donors (Lipinski definition) is 3. The van der Waals surface area contributed by atoms with Crippen LogP contribution in [0.2, 0.25) is 0 Å². The molecule has 1 atom stereocenters. The third-order valence-corrected chi connectivity index (χ3v) is 3.41. The van der Waals surface area contributed by atoms with Gasteiger partial charge < -0.3 is 15.7 Å². The maximum atomic E-state index is 10.7. The molecule has 7 heteroatoms. The number of carboxylic acids is 1. The summed E-state index contributed by atoms with van der Waals surface area (Å²) < 4.78 is 1.67. The molecular formula is C13H17N5O2. The minimum Gasteiger partial charge on any atom is -0.480 e. The van der Waals surface area contributed by atoms with Gasteiger partial charge in [-0.2, -0.15) is 9.61 Å². The van der Waals surface area contributed by atoms with E-state index in [1.807, 2.05) is 13.0 Å². The maximum Gasteiger partial charge on any atom is 0.322 e. The Hall–Kier alpha value is -2.15. The number of nitrogens with zero attached hydrogens (tertiary/aromatic N) is 3. The van der Waals surface area contributed by atoms with Crippen molar-refractivity contribution in [2.24, 2.45) is 0 Å². The van der Waals surface area contributed by atoms with E-state index in [-0.39, 0.29) is 12.6 Å². The van der Waals surface area contributed by atoms with Crippen LogP contribution < -0.4 is 10.6 Å². The molecule has 0 spiro atoms. The summed E-state index contributed by atoms with van der Waals surface area (Å²) in [6, 6.07) is 4.03. The molecule has 1 fully saturated rings. The van der Waals surface area contributed by atoms with Crippen molar-refractivity contribution in [3.63, 3.8) is 0 Å². The number of nitrogens with one attached hydrogen (secondary N) is 2. The molecule has 3 rings (SSSR count). The van der Waals surface area contributed by atoms with Crippen molar-refractivity contribution in [3.8, 4) is 0 Å². The topological polar surface area (TPSA) is 91.5 Å². The Balaban J connectivity index is 1.98. The van der Waals surface area contributed by atoms with Crippen LogP contribution in [0.4, 0.5) is 5.82 Å². The maximum absolute atomic E-state index is 10.7. The van der Waals surface area contributed by atoms with Crippen LogP contribution in [-0.4, -0.2) is 38.8 Å². The zero-order chi connectivity index (χ0) is 14.1. The third kappa shape index (κ3) is 2.44. The Morgan fingerprint density at radius 3 is 3.15 bits per heavy atom. The van der Waals surface area contributed by atoms with Crippen molar-refractivity contribution in [1.82, 2.24) is 19.9 Å². The highest BCUT2D eigenvalue weighted by Crippen LogP contribution is 2.24. The van der Waals surface area contributed by atoms with Gasteiger partial charge in [-0.25, -0.2) is 4.98 Å². The molecule has 0 bridgehead atoms. The van der Waals surface area contributed by atoms with E-state index >= 15 is 0 Å². The molecular weight excluding hydrogens is 258 g/mol. The highest BCUT2D eigenvalue weighted by atomic mass is 16.4. The lowest BCUT2D eigenvalue weighted by atomic mass is 10.2. The molecule has 0 radical (unpaired) electrons. The van der Waals surface area contributed by atoms with Gasteiger partial charge in [-0.15, -0.1) is 0 Å². The zero-order valence-electron chi connectivity index (χ0n) is 11.3. The predicted molar refractivity (Wildman–Crippen MR) is 73.8 cm³/mol. The van der Waals surface area contributed by atoms with Gasteiger partial charge in [-0.05, 0) is 26.3 Å². The molecule has 7 nitrogen and oxygen atoms in total. The highest BCUT2D eigenvalue weighted by molar-refractivity contribution is 5.72. The second kappa shape index (κ2) is 5.09. The SMILES string of the molecule is Cc1cc(NCC(=O)O)n2nc(C3CCCN3)cc2n1. The van der Waals surface area contributed by atoms with Gasteiger partial charge in [0.15, 0.2) is 5.65 Å². The molecule has 1 saturated heterocycles. The molecule has 0 amide bonds. The summed E-state index contributed by atoms with van der Waals surface area (Å²) in [6.45, 7) is 2.75. The Kier molecular flexibility index (Phi) is 3.27. The van der Waals surface area contributed by atoms with Crippen LogP contribution in [0.25, 0.3) is 5.65 Å². The fraction of sp³-hybridized carbons (Fsp3) is 0.462. The Bertz CT molecular complexity index is 645. The lowest BCUT2D eigenvalue weighted by molar-refractivity contribution is -0.134. The van der Waals surface area contributed by atoms with Crippen molar-refractivity contribution in [1.29, 1.82) is 0 Å². The van der Waals surface area contributed by atoms with Gasteiger partial charge in [0.1, 0.15) is 12.4 Å². The van der Waals surface area contributed by atoms with Gasteiger partial charge in [-0.3, -0.25) is 4.79 Å². The van der Waals surface area contributed by atoms with Crippen molar-refractivity contribution in [3.05, 3.63) is 23.5 Å². The summed E-state index contributed by atoms with van der Waals surface area (Å²) in [5.74, 6) is -0.253. The first-order chi connectivity index (χ1) is 9.63. The number of aromatic nitrogens is 3. The molecule has 0 aliphatic carbocycles. The number of carboxylic acid groups (broad SMARTS) is 1. The number of fused-ring (bicyclic) bond motifs is 1. The van der Waals surface area contributed by atoms with Crippen molar-refractivity contribution >= 4 is 17.4 Å². The molecule has 3 heterocycles. The van der Waals surface area contributed by atoms with Gasteiger partial charge in [0.25, 0.3) is 0 Å². The van der Waals surface area contributed by atoms with Crippen molar-refractivity contribution in [2.45, 2.75) is 25.8 Å². The minimum atomic E-state index is -0.905. The lowest BCUT2D eigenvalue weighted by Gasteiger charge is -2.07. The number of rotatable bonds is 4. The molecule has 2 aromatic rings. The van der Waals surface area contributed by atoms with Crippen LogP contribution in [0.5, 0.6) is 0 Å². The van der Waals surface area contributed by atoms with E-state index in [0.717, 1.165) is 36.4 Å². The third-order valence-electron chi connectivity index (χ3n) is 3.41. The Morgan fingerprint density at radius 2 is 2.45 bits per heavy atom. The van der Waals surface area contributed by atoms with E-state index < -0.39 is 5.97 Å². The molecule has 3 N–H and O–H groups in total. The lowest BCUT2D eigenvalue weighted by Crippen LogP contribution is -2.16. The number of aliphatic carboxylic acids is 1. The highest BCUT2D eigenvalue weighted by Gasteiger charge is 2.20. The van der Waals surface area contributed by atoms with Gasteiger partial charge in [0, 0.05) is 17.8 Å². The average Bonchev–Trinajstić information content (AvgIpc) is 3.03. The van der Waals surface area contributed by atoms with E-state index in [9.17, 15) is 4.79 Å². The first-order valence-electron chi connectivity index (χ1n) is 6.70. The van der Waals surface area contributed by atoms with E-state index in [1.54, 1.807) is 10.6 Å². The summed E-state index contributed by atoms with van der Waals surface area (Å²) >= 11 is 0. The first-order valence-corrected chi connectivity index (χ1v) is 6.70. The average molecular weight is 275 g/mol. The monoisotopic (exact) mass is 275 g/mol. The summed E-state index contributed by atoms with van der Waals surface area (Å²) in [4.78, 5) is 15.1. The van der Waals surface area contributed by atoms with Crippen molar-refractivity contribution in [2.75, 3.05) is 18.4 Å². The molecule has 0 saturated carbocycles. The smallest absolute Gasteiger partial charge is 0.322 e. The second-order valence-corrected chi connectivity index (χ2v) is 5.02. The Morgan fingerprint density at radius 1 is 1.60 bits per heavy atom. The number of hydrogen-bond acceptors (Lipinski definition) is 5. The fourth-order valence-electron chi connectivity index (χ4n) is 2.52. The summed E-state index contributed by atoms with van der Waals surface area (Å²) in [6.07, 6.45) is 2.22. The molecule has 106 valence electrons. The van der Waals surface area contributed by atoms with Crippen molar-refractivity contribution < 1.29 is 9.90 Å². The van der Waals surface area contributed by atoms with Gasteiger partial charge in [0.05, 0.1) is 11.7 Å². The van der Waals surface area contributed by atoms with Crippen LogP contribution in [0.1, 0.15) is 30.3 Å². The fourth-order valence-corrected chi connectivity index (χ4v) is 2.52. The quantitative estimate of drug-likeness (QED) is 0.769. The minimum absolute atomic E-state index is 0.143. The molecule has 1 aliphatic heterocycles. The van der Waals surface area contributed by atoms with Crippen LogP contribution in [0.3, 0.4) is 0 Å². The summed E-state index contributed by atoms with van der Waals surface area (Å²) in [5.41, 5.74) is 2.52. The van der Waals surface area contributed by atoms with Crippen LogP contribution in [0.15, 0.2) is 12.1 Å². The Labute approximate surface area is 116 Å². The molecule has 1 aliphatic rings. The molecule has 0 aromatic carbocycles. The zero-order valence-corrected chi connectivity index (χ0v) is 11.3. The standard InChI is InChI=1S/C13H17N5O2/c1-8-5-11(15-7-13(19)20)18-12(16-8)6-10(17-18)9-3-2-4-14-9/h5-6,9,14-15H,2-4,7H2,1H3,(H,19,20). The van der Waals surface area contributed by atoms with Crippen LogP contribution >= 0.6 is 0 Å². The summed E-state index contributed by atoms with van der Waals surface area (Å²) in [7, 11) is 0. The largest absolute Gasteiger partial charge is 0.480 e. The molecule has 20 heavy (non-hydrogen) atoms. The van der Waals surface area contributed by atoms with E-state index in [0.29, 0.717) is 5.82 Å². The van der Waals surface area contributed by atoms with Gasteiger partial charge in [0.2, 0.25) is 0 Å². The summed E-state index contributed by atoms with van der Waals surface area (Å²) in [5, 5.41) is 19.6. The van der Waals surface area contributed by atoms with E-state index in [2.05, 4.69) is 20.7 Å². The molecule has 2 aromatic heterocycles. The molecule has 1 unspecified atom stereocenters. The number of aryl methyl sites for hydroxylation is 1. The van der Waals surface area contributed by atoms with E-state index in [4.69, 9.17) is 5.11 Å². The number of carbonyl (C=O) groups is 1. The van der Waals surface area contributed by atoms with E-state index in [1.165, 1.54) is 0 Å². The second-order valence-electron chi connectivity index (χ2n) is 5.02. The van der Waals surface area contributed by atoms with Crippen LogP contribution in [-0.2, 0) is 4.79 Å². The number of anilines is 1. The van der Waals surface area contributed by atoms with Crippen LogP contribution in [0, 0.1) is 6.92 Å².